The van der Waals surface area contributed by atoms with Crippen LogP contribution in [-0.2, 0) is 0 Å². The average Bonchev–Trinajstić information content (AvgIpc) is 3.19. The second kappa shape index (κ2) is 19.6. The van der Waals surface area contributed by atoms with E-state index in [0.29, 0.717) is 0 Å². The highest BCUT2D eigenvalue weighted by Gasteiger charge is 2.30. The minimum absolute atomic E-state index is 0.192. The molecule has 0 fully saturated rings. The molecule has 0 radical (unpaired) electrons. The van der Waals surface area contributed by atoms with Crippen molar-refractivity contribution in [2.75, 3.05) is 15.3 Å². The van der Waals surface area contributed by atoms with Crippen molar-refractivity contribution in [3.05, 3.63) is 163 Å². The van der Waals surface area contributed by atoms with Crippen LogP contribution in [0.2, 0.25) is 0 Å². The largest absolute Gasteiger partial charge is 0.436 e. The Morgan fingerprint density at radius 1 is 0.387 bits per heavy atom. The van der Waals surface area contributed by atoms with E-state index >= 15 is 0 Å². The summed E-state index contributed by atoms with van der Waals surface area (Å²) in [4.78, 5) is 0. The molecule has 0 aliphatic rings. The van der Waals surface area contributed by atoms with Gasteiger partial charge in [-0.1, -0.05) is 111 Å². The fourth-order valence-electron chi connectivity index (χ4n) is 8.02. The monoisotopic (exact) mass is 867 g/mol. The van der Waals surface area contributed by atoms with Gasteiger partial charge in [-0.25, -0.2) is 0 Å². The topological polar surface area (TPSA) is 63.8 Å². The van der Waals surface area contributed by atoms with Gasteiger partial charge in [0.25, 0.3) is 0 Å². The van der Waals surface area contributed by atoms with Crippen LogP contribution in [-0.4, -0.2) is 0 Å². The van der Waals surface area contributed by atoms with Crippen molar-refractivity contribution in [2.45, 2.75) is 123 Å². The third-order valence-electron chi connectivity index (χ3n) is 11.8. The summed E-state index contributed by atoms with van der Waals surface area (Å²) >= 11 is 0. The van der Waals surface area contributed by atoms with E-state index in [1.54, 1.807) is 0 Å². The van der Waals surface area contributed by atoms with E-state index in [1.165, 1.54) is 55.6 Å². The number of rotatable bonds is 15. The first-order valence-corrected chi connectivity index (χ1v) is 24.3. The van der Waals surface area contributed by atoms with E-state index in [0.717, 1.165) is 67.7 Å². The van der Waals surface area contributed by atoms with Crippen LogP contribution in [0.3, 0.4) is 0 Å². The molecule has 1 atom stereocenters. The van der Waals surface area contributed by atoms with Gasteiger partial charge in [0.1, 0.15) is 17.2 Å². The van der Waals surface area contributed by atoms with Crippen molar-refractivity contribution < 1.29 is 13.6 Å². The molecule has 8 heteroatoms. The molecule has 0 saturated carbocycles. The standard InChI is InChI=1S/C54H67N3O3P2/c1-31(2)45-29-37(9)43(15)51(53(45)56-61(55-47-21-17-33(5)25-39(47)11)58-48-22-18-34(6)26-40(48)12)52-44(16)38(10)30-46(32(3)4)54(52)57-62(59-49-23-19-35(7)27-41(49)13)60-50-24-20-36(8)28-42(50)14/h17-32,55-57H,1-16H3. The van der Waals surface area contributed by atoms with Crippen molar-refractivity contribution in [3.63, 3.8) is 0 Å². The van der Waals surface area contributed by atoms with Gasteiger partial charge in [0, 0.05) is 16.8 Å². The van der Waals surface area contributed by atoms with Gasteiger partial charge >= 0.3 is 17.0 Å². The first kappa shape index (κ1) is 46.5. The van der Waals surface area contributed by atoms with Gasteiger partial charge in [0.05, 0.1) is 11.4 Å². The van der Waals surface area contributed by atoms with E-state index in [-0.39, 0.29) is 11.8 Å². The quantitative estimate of drug-likeness (QED) is 0.0894. The highest BCUT2D eigenvalue weighted by molar-refractivity contribution is 7.56. The predicted octanol–water partition coefficient (Wildman–Crippen LogP) is 16.9. The molecular weight excluding hydrogens is 801 g/mol. The highest BCUT2D eigenvalue weighted by Crippen LogP contribution is 2.54. The van der Waals surface area contributed by atoms with Crippen LogP contribution in [0.15, 0.2) is 84.9 Å². The van der Waals surface area contributed by atoms with Crippen LogP contribution in [0.25, 0.3) is 11.1 Å². The van der Waals surface area contributed by atoms with Gasteiger partial charge < -0.3 is 23.7 Å². The van der Waals surface area contributed by atoms with Crippen LogP contribution < -0.4 is 28.8 Å². The van der Waals surface area contributed by atoms with Gasteiger partial charge in [-0.2, -0.15) is 0 Å². The maximum atomic E-state index is 7.06. The summed E-state index contributed by atoms with van der Waals surface area (Å²) in [5, 5.41) is 11.9. The van der Waals surface area contributed by atoms with E-state index in [4.69, 9.17) is 13.6 Å². The van der Waals surface area contributed by atoms with E-state index < -0.39 is 17.0 Å². The van der Waals surface area contributed by atoms with Gasteiger partial charge in [0.2, 0.25) is 0 Å². The minimum Gasteiger partial charge on any atom is -0.436 e. The summed E-state index contributed by atoms with van der Waals surface area (Å²) in [5.41, 5.74) is 21.8. The van der Waals surface area contributed by atoms with Gasteiger partial charge in [-0.15, -0.1) is 0 Å². The first-order chi connectivity index (χ1) is 29.3. The molecule has 0 saturated heterocycles. The lowest BCUT2D eigenvalue weighted by molar-refractivity contribution is 0.491. The molecule has 0 spiro atoms. The third-order valence-corrected chi connectivity index (χ3v) is 14.2. The molecule has 62 heavy (non-hydrogen) atoms. The Balaban J connectivity index is 1.60. The molecule has 1 unspecified atom stereocenters. The smallest absolute Gasteiger partial charge is 0.414 e. The molecule has 6 rings (SSSR count). The zero-order valence-corrected chi connectivity index (χ0v) is 41.6. The van der Waals surface area contributed by atoms with Crippen molar-refractivity contribution in [3.8, 4) is 28.4 Å². The number of aryl methyl sites for hydroxylation is 10. The number of anilines is 3. The Hall–Kier alpha value is -5.02. The molecule has 0 aliphatic carbocycles. The maximum absolute atomic E-state index is 7.06. The molecule has 6 aromatic carbocycles. The molecule has 6 nitrogen and oxygen atoms in total. The lowest BCUT2D eigenvalue weighted by atomic mass is 9.83. The Labute approximate surface area is 375 Å². The number of benzene rings is 6. The summed E-state index contributed by atoms with van der Waals surface area (Å²) < 4.78 is 21.0. The molecule has 3 N–H and O–H groups in total. The fourth-order valence-corrected chi connectivity index (χ4v) is 10.8. The first-order valence-electron chi connectivity index (χ1n) is 21.8. The third kappa shape index (κ3) is 10.6. The summed E-state index contributed by atoms with van der Waals surface area (Å²) in [7, 11) is -3.28. The molecular formula is C54H67N3O3P2. The number of hydrogen-bond donors (Lipinski definition) is 3. The van der Waals surface area contributed by atoms with Gasteiger partial charge in [0.15, 0.2) is 0 Å². The number of nitrogens with one attached hydrogen (secondary N) is 3. The fraction of sp³-hybridized carbons (Fsp3) is 0.333. The summed E-state index contributed by atoms with van der Waals surface area (Å²) in [5.74, 6) is 2.82. The van der Waals surface area contributed by atoms with Crippen LogP contribution in [0.4, 0.5) is 17.1 Å². The van der Waals surface area contributed by atoms with Gasteiger partial charge in [-0.05, 0) is 175 Å². The van der Waals surface area contributed by atoms with Crippen molar-refractivity contribution in [2.24, 2.45) is 0 Å². The van der Waals surface area contributed by atoms with Crippen molar-refractivity contribution in [1.29, 1.82) is 0 Å². The second-order valence-electron chi connectivity index (χ2n) is 17.9. The lowest BCUT2D eigenvalue weighted by Gasteiger charge is -2.31. The molecule has 0 heterocycles. The summed E-state index contributed by atoms with van der Waals surface area (Å²) in [6.45, 7) is 35.0. The maximum Gasteiger partial charge on any atom is 0.414 e. The van der Waals surface area contributed by atoms with E-state index in [2.05, 4.69) is 211 Å². The molecule has 0 aliphatic heterocycles. The van der Waals surface area contributed by atoms with Crippen molar-refractivity contribution in [1.82, 2.24) is 0 Å². The van der Waals surface area contributed by atoms with Crippen LogP contribution >= 0.6 is 17.0 Å². The van der Waals surface area contributed by atoms with E-state index in [1.807, 2.05) is 0 Å². The molecule has 0 bridgehead atoms. The zero-order valence-electron chi connectivity index (χ0n) is 39.9. The summed E-state index contributed by atoms with van der Waals surface area (Å²) in [6.07, 6.45) is 0. The Bertz CT molecular complexity index is 2310. The summed E-state index contributed by atoms with van der Waals surface area (Å²) in [6, 6.07) is 30.2. The molecule has 0 aromatic heterocycles. The minimum atomic E-state index is -1.76. The van der Waals surface area contributed by atoms with E-state index in [9.17, 15) is 0 Å². The normalized spacial score (nSPS) is 11.9. The molecule has 326 valence electrons. The van der Waals surface area contributed by atoms with Crippen LogP contribution in [0.1, 0.15) is 117 Å². The van der Waals surface area contributed by atoms with Crippen LogP contribution in [0.5, 0.6) is 17.2 Å². The Kier molecular flexibility index (Phi) is 14.7. The zero-order chi connectivity index (χ0) is 45.2. The predicted molar refractivity (Wildman–Crippen MR) is 269 cm³/mol. The second-order valence-corrected chi connectivity index (χ2v) is 20.2. The number of hydrogen-bond acceptors (Lipinski definition) is 6. The average molecular weight is 868 g/mol. The highest BCUT2D eigenvalue weighted by atomic mass is 31.2. The Morgan fingerprint density at radius 3 is 1.15 bits per heavy atom. The van der Waals surface area contributed by atoms with Crippen LogP contribution in [0, 0.1) is 83.1 Å². The lowest BCUT2D eigenvalue weighted by Crippen LogP contribution is -2.14. The van der Waals surface area contributed by atoms with Crippen molar-refractivity contribution >= 4 is 34.0 Å². The molecule has 6 aromatic rings. The van der Waals surface area contributed by atoms with Gasteiger partial charge in [-0.3, -0.25) is 5.09 Å². The SMILES string of the molecule is Cc1ccc(NP(Nc2c(C(C)C)cc(C)c(C)c2-c2c(C)c(C)cc(C(C)C)c2NP(Oc2ccc(C)cc2C)Oc2ccc(C)cc2C)Oc2ccc(C)cc2C)c(C)c1. The Morgan fingerprint density at radius 2 is 0.758 bits per heavy atom. The molecule has 0 amide bonds.